The monoisotopic (exact) mass is 289 g/mol. The molecule has 1 aromatic carbocycles. The average molecular weight is 289 g/mol. The van der Waals surface area contributed by atoms with Crippen LogP contribution in [0.5, 0.6) is 0 Å². The van der Waals surface area contributed by atoms with E-state index in [1.807, 2.05) is 24.0 Å². The second kappa shape index (κ2) is 7.36. The van der Waals surface area contributed by atoms with Crippen molar-refractivity contribution < 1.29 is 4.39 Å². The summed E-state index contributed by atoms with van der Waals surface area (Å²) in [5.74, 6) is -0.177. The summed E-state index contributed by atoms with van der Waals surface area (Å²) in [4.78, 5) is 0. The van der Waals surface area contributed by atoms with E-state index < -0.39 is 0 Å². The van der Waals surface area contributed by atoms with Crippen LogP contribution in [0.4, 0.5) is 4.39 Å². The van der Waals surface area contributed by atoms with Crippen LogP contribution in [0.2, 0.25) is 0 Å². The van der Waals surface area contributed by atoms with E-state index in [2.05, 4.69) is 30.3 Å². The lowest BCUT2D eigenvalue weighted by Gasteiger charge is -2.15. The number of nitrogens with zero attached hydrogens (tertiary/aromatic N) is 2. The first-order valence-electron chi connectivity index (χ1n) is 7.58. The fourth-order valence-electron chi connectivity index (χ4n) is 2.40. The van der Waals surface area contributed by atoms with E-state index >= 15 is 0 Å². The number of benzene rings is 1. The summed E-state index contributed by atoms with van der Waals surface area (Å²) in [6, 6.07) is 9.55. The maximum Gasteiger partial charge on any atom is 0.123 e. The van der Waals surface area contributed by atoms with Gasteiger partial charge in [-0.2, -0.15) is 5.10 Å². The minimum Gasteiger partial charge on any atom is -0.316 e. The van der Waals surface area contributed by atoms with Gasteiger partial charge in [0.1, 0.15) is 5.82 Å². The van der Waals surface area contributed by atoms with E-state index in [1.54, 1.807) is 12.1 Å². The van der Waals surface area contributed by atoms with Gasteiger partial charge in [0.25, 0.3) is 0 Å². The molecule has 2 aromatic rings. The summed E-state index contributed by atoms with van der Waals surface area (Å²) in [7, 11) is 1.94. The maximum atomic E-state index is 13.2. The van der Waals surface area contributed by atoms with Crippen LogP contribution in [-0.4, -0.2) is 22.9 Å². The summed E-state index contributed by atoms with van der Waals surface area (Å²) < 4.78 is 15.3. The van der Waals surface area contributed by atoms with Gasteiger partial charge >= 0.3 is 0 Å². The van der Waals surface area contributed by atoms with Crippen molar-refractivity contribution in [2.24, 2.45) is 0 Å². The highest BCUT2D eigenvalue weighted by Crippen LogP contribution is 2.12. The minimum absolute atomic E-state index is 0.177. The second-order valence-electron chi connectivity index (χ2n) is 5.57. The second-order valence-corrected chi connectivity index (χ2v) is 5.57. The number of rotatable bonds is 7. The van der Waals surface area contributed by atoms with E-state index in [9.17, 15) is 4.39 Å². The topological polar surface area (TPSA) is 29.9 Å². The molecular formula is C17H24FN3. The average Bonchev–Trinajstić information content (AvgIpc) is 2.94. The standard InChI is InChI=1S/C17H24FN3/c1-4-13(2)21-9-8-16(20-21)12-17(19-3)11-14-6-5-7-15(18)10-14/h5-10,13,17,19H,4,11-12H2,1-3H3. The molecule has 0 saturated carbocycles. The largest absolute Gasteiger partial charge is 0.316 e. The van der Waals surface area contributed by atoms with Gasteiger partial charge in [0, 0.05) is 24.7 Å². The molecule has 0 bridgehead atoms. The van der Waals surface area contributed by atoms with Crippen molar-refractivity contribution >= 4 is 0 Å². The highest BCUT2D eigenvalue weighted by Gasteiger charge is 2.12. The third-order valence-electron chi connectivity index (χ3n) is 3.94. The van der Waals surface area contributed by atoms with Crippen molar-refractivity contribution in [2.45, 2.75) is 45.2 Å². The van der Waals surface area contributed by atoms with Gasteiger partial charge in [-0.15, -0.1) is 0 Å². The van der Waals surface area contributed by atoms with Crippen LogP contribution in [0, 0.1) is 5.82 Å². The molecule has 0 fully saturated rings. The molecule has 0 radical (unpaired) electrons. The van der Waals surface area contributed by atoms with E-state index in [0.717, 1.165) is 30.5 Å². The quantitative estimate of drug-likeness (QED) is 0.847. The van der Waals surface area contributed by atoms with Crippen molar-refractivity contribution in [3.05, 3.63) is 53.6 Å². The molecule has 4 heteroatoms. The van der Waals surface area contributed by atoms with E-state index in [1.165, 1.54) is 6.07 Å². The smallest absolute Gasteiger partial charge is 0.123 e. The Balaban J connectivity index is 2.00. The molecule has 0 aliphatic rings. The van der Waals surface area contributed by atoms with Gasteiger partial charge < -0.3 is 5.32 Å². The molecule has 0 amide bonds. The van der Waals surface area contributed by atoms with Crippen molar-refractivity contribution in [1.82, 2.24) is 15.1 Å². The number of nitrogens with one attached hydrogen (secondary N) is 1. The van der Waals surface area contributed by atoms with Crippen molar-refractivity contribution in [1.29, 1.82) is 0 Å². The number of likely N-dealkylation sites (N-methyl/N-ethyl adjacent to an activating group) is 1. The Morgan fingerprint density at radius 1 is 1.29 bits per heavy atom. The molecule has 0 aliphatic heterocycles. The fourth-order valence-corrected chi connectivity index (χ4v) is 2.40. The van der Waals surface area contributed by atoms with Gasteiger partial charge in [-0.1, -0.05) is 19.1 Å². The Morgan fingerprint density at radius 3 is 2.76 bits per heavy atom. The molecule has 0 saturated heterocycles. The zero-order valence-electron chi connectivity index (χ0n) is 13.0. The summed E-state index contributed by atoms with van der Waals surface area (Å²) in [5.41, 5.74) is 2.08. The third kappa shape index (κ3) is 4.39. The van der Waals surface area contributed by atoms with Gasteiger partial charge in [-0.05, 0) is 50.6 Å². The van der Waals surface area contributed by atoms with Crippen LogP contribution in [0.1, 0.15) is 37.6 Å². The molecule has 114 valence electrons. The number of hydrogen-bond donors (Lipinski definition) is 1. The molecule has 2 atom stereocenters. The predicted molar refractivity (Wildman–Crippen MR) is 83.9 cm³/mol. The summed E-state index contributed by atoms with van der Waals surface area (Å²) in [6.45, 7) is 4.32. The molecule has 0 spiro atoms. The van der Waals surface area contributed by atoms with E-state index in [4.69, 9.17) is 0 Å². The molecule has 2 unspecified atom stereocenters. The van der Waals surface area contributed by atoms with Crippen LogP contribution in [-0.2, 0) is 12.8 Å². The SMILES string of the molecule is CCC(C)n1ccc(CC(Cc2cccc(F)c2)NC)n1. The first-order valence-corrected chi connectivity index (χ1v) is 7.58. The normalized spacial score (nSPS) is 14.1. The molecule has 1 N–H and O–H groups in total. The van der Waals surface area contributed by atoms with Crippen LogP contribution in [0.15, 0.2) is 36.5 Å². The molecule has 0 aliphatic carbocycles. The first-order chi connectivity index (χ1) is 10.1. The molecule has 3 nitrogen and oxygen atoms in total. The van der Waals surface area contributed by atoms with Gasteiger partial charge in [0.15, 0.2) is 0 Å². The third-order valence-corrected chi connectivity index (χ3v) is 3.94. The number of hydrogen-bond acceptors (Lipinski definition) is 2. The van der Waals surface area contributed by atoms with Crippen molar-refractivity contribution in [3.63, 3.8) is 0 Å². The van der Waals surface area contributed by atoms with E-state index in [0.29, 0.717) is 6.04 Å². The Bertz CT molecular complexity index is 565. The zero-order valence-corrected chi connectivity index (χ0v) is 13.0. The molecule has 21 heavy (non-hydrogen) atoms. The summed E-state index contributed by atoms with van der Waals surface area (Å²) in [6.07, 6.45) is 4.75. The molecule has 2 rings (SSSR count). The highest BCUT2D eigenvalue weighted by atomic mass is 19.1. The van der Waals surface area contributed by atoms with Gasteiger partial charge in [0.05, 0.1) is 5.69 Å². The summed E-state index contributed by atoms with van der Waals surface area (Å²) >= 11 is 0. The Kier molecular flexibility index (Phi) is 5.51. The zero-order chi connectivity index (χ0) is 15.2. The minimum atomic E-state index is -0.177. The van der Waals surface area contributed by atoms with Crippen molar-refractivity contribution in [2.75, 3.05) is 7.05 Å². The highest BCUT2D eigenvalue weighted by molar-refractivity contribution is 5.18. The number of aromatic nitrogens is 2. The molecular weight excluding hydrogens is 265 g/mol. The number of halogens is 1. The molecule has 1 heterocycles. The Labute approximate surface area is 126 Å². The lowest BCUT2D eigenvalue weighted by Crippen LogP contribution is -2.30. The van der Waals surface area contributed by atoms with Gasteiger partial charge in [-0.25, -0.2) is 4.39 Å². The van der Waals surface area contributed by atoms with Crippen molar-refractivity contribution in [3.8, 4) is 0 Å². The van der Waals surface area contributed by atoms with Gasteiger partial charge in [-0.3, -0.25) is 4.68 Å². The predicted octanol–water partition coefficient (Wildman–Crippen LogP) is 3.37. The van der Waals surface area contributed by atoms with Gasteiger partial charge in [0.2, 0.25) is 0 Å². The molecule has 1 aromatic heterocycles. The summed E-state index contributed by atoms with van der Waals surface area (Å²) in [5, 5.41) is 7.93. The lowest BCUT2D eigenvalue weighted by molar-refractivity contribution is 0.467. The maximum absolute atomic E-state index is 13.2. The van der Waals surface area contributed by atoms with Crippen LogP contribution >= 0.6 is 0 Å². The first kappa shape index (κ1) is 15.7. The van der Waals surface area contributed by atoms with E-state index in [-0.39, 0.29) is 11.9 Å². The van der Waals surface area contributed by atoms with Crippen LogP contribution in [0.25, 0.3) is 0 Å². The fraction of sp³-hybridized carbons (Fsp3) is 0.471. The lowest BCUT2D eigenvalue weighted by atomic mass is 10.0. The van der Waals surface area contributed by atoms with Crippen LogP contribution in [0.3, 0.4) is 0 Å². The Morgan fingerprint density at radius 2 is 2.10 bits per heavy atom. The Hall–Kier alpha value is -1.68. The van der Waals surface area contributed by atoms with Crippen LogP contribution < -0.4 is 5.32 Å².